The number of carbonyl (C=O) groups excluding carboxylic acids is 2. The van der Waals surface area contributed by atoms with Crippen LogP contribution in [0.4, 0.5) is 29.3 Å². The number of benzene rings is 1. The molecular formula is C31H36ClF3N6O5. The molecule has 1 N–H and O–H groups in total. The molecule has 4 rings (SSSR count). The summed E-state index contributed by atoms with van der Waals surface area (Å²) in [5, 5.41) is 2.28. The lowest BCUT2D eigenvalue weighted by Gasteiger charge is -2.37. The molecule has 15 heteroatoms. The summed E-state index contributed by atoms with van der Waals surface area (Å²) in [6.45, 7) is 10.3. The van der Waals surface area contributed by atoms with Crippen LogP contribution in [0.25, 0.3) is 17.2 Å². The first-order chi connectivity index (χ1) is 21.6. The number of piperazine rings is 1. The molecule has 1 aliphatic heterocycles. The number of aromatic nitrogens is 3. The van der Waals surface area contributed by atoms with E-state index in [0.29, 0.717) is 56.3 Å². The molecule has 0 aliphatic carbocycles. The Labute approximate surface area is 268 Å². The first-order valence-electron chi connectivity index (χ1n) is 14.7. The van der Waals surface area contributed by atoms with Crippen molar-refractivity contribution in [2.45, 2.75) is 59.4 Å². The highest BCUT2D eigenvalue weighted by atomic mass is 35.5. The van der Waals surface area contributed by atoms with Gasteiger partial charge in [-0.05, 0) is 58.4 Å². The number of nitrogens with zero attached hydrogens (tertiary/aromatic N) is 5. The van der Waals surface area contributed by atoms with Gasteiger partial charge in [0.1, 0.15) is 17.8 Å². The standard InChI is InChI=1S/C31H36ClF3N6O5/c1-6-23-26(39-11-13-40(14-12-39)29(44)46-30(3,4)5)27(43)25-28(36-17-20(37-25)10-15-45-7-2)41(23)18-24(42)38-22-9-8-19(16-21(22)32)31(33,34)35/h8-10,15-17H,6-7,11-14,18H2,1-5H3,(H,38,42)/b15-10+. The van der Waals surface area contributed by atoms with Gasteiger partial charge in [0.25, 0.3) is 0 Å². The highest BCUT2D eigenvalue weighted by molar-refractivity contribution is 6.33. The second-order valence-electron chi connectivity index (χ2n) is 11.5. The minimum atomic E-state index is -4.60. The lowest BCUT2D eigenvalue weighted by atomic mass is 10.1. The van der Waals surface area contributed by atoms with Gasteiger partial charge in [-0.1, -0.05) is 18.5 Å². The van der Waals surface area contributed by atoms with Crippen molar-refractivity contribution in [1.82, 2.24) is 19.4 Å². The Balaban J connectivity index is 1.73. The van der Waals surface area contributed by atoms with Gasteiger partial charge >= 0.3 is 12.3 Å². The summed E-state index contributed by atoms with van der Waals surface area (Å²) in [5.74, 6) is -0.607. The molecule has 248 valence electrons. The Morgan fingerprint density at radius 1 is 1.11 bits per heavy atom. The molecule has 0 bridgehead atoms. The number of pyridine rings is 1. The minimum absolute atomic E-state index is 0.00372. The van der Waals surface area contributed by atoms with E-state index in [1.54, 1.807) is 36.3 Å². The van der Waals surface area contributed by atoms with Crippen LogP contribution in [0.2, 0.25) is 5.02 Å². The first kappa shape index (κ1) is 34.5. The highest BCUT2D eigenvalue weighted by Crippen LogP contribution is 2.34. The van der Waals surface area contributed by atoms with Crippen molar-refractivity contribution < 1.29 is 32.2 Å². The Bertz CT molecular complexity index is 1700. The van der Waals surface area contributed by atoms with E-state index in [4.69, 9.17) is 21.1 Å². The molecule has 0 unspecified atom stereocenters. The quantitative estimate of drug-likeness (QED) is 0.304. The van der Waals surface area contributed by atoms with E-state index in [2.05, 4.69) is 15.3 Å². The molecule has 1 saturated heterocycles. The first-order valence-corrected chi connectivity index (χ1v) is 15.1. The predicted molar refractivity (Wildman–Crippen MR) is 169 cm³/mol. The fraction of sp³-hybridized carbons (Fsp3) is 0.452. The van der Waals surface area contributed by atoms with E-state index < -0.39 is 29.3 Å². The van der Waals surface area contributed by atoms with Gasteiger partial charge in [-0.15, -0.1) is 0 Å². The third kappa shape index (κ3) is 8.08. The van der Waals surface area contributed by atoms with Gasteiger partial charge in [0.05, 0.1) is 41.0 Å². The maximum atomic E-state index is 14.1. The van der Waals surface area contributed by atoms with Crippen LogP contribution in [0.15, 0.2) is 35.5 Å². The van der Waals surface area contributed by atoms with E-state index in [-0.39, 0.29) is 33.8 Å². The molecule has 1 fully saturated rings. The van der Waals surface area contributed by atoms with Crippen molar-refractivity contribution in [3.63, 3.8) is 0 Å². The number of hydrogen-bond acceptors (Lipinski definition) is 8. The summed E-state index contributed by atoms with van der Waals surface area (Å²) in [7, 11) is 0. The Hall–Kier alpha value is -4.33. The third-order valence-electron chi connectivity index (χ3n) is 7.01. The minimum Gasteiger partial charge on any atom is -0.501 e. The smallest absolute Gasteiger partial charge is 0.416 e. The van der Waals surface area contributed by atoms with Crippen LogP contribution in [0, 0.1) is 0 Å². The van der Waals surface area contributed by atoms with E-state index in [1.807, 2.05) is 18.7 Å². The number of ether oxygens (including phenoxy) is 2. The van der Waals surface area contributed by atoms with Crippen molar-refractivity contribution in [3.05, 3.63) is 62.9 Å². The number of anilines is 2. The van der Waals surface area contributed by atoms with Crippen LogP contribution < -0.4 is 15.6 Å². The number of rotatable bonds is 8. The normalized spacial score (nSPS) is 14.2. The van der Waals surface area contributed by atoms with E-state index in [1.165, 1.54) is 12.5 Å². The molecular weight excluding hydrogens is 629 g/mol. The molecule has 3 heterocycles. The van der Waals surface area contributed by atoms with Crippen molar-refractivity contribution in [2.24, 2.45) is 0 Å². The fourth-order valence-corrected chi connectivity index (χ4v) is 5.19. The Morgan fingerprint density at radius 3 is 2.39 bits per heavy atom. The number of alkyl halides is 3. The van der Waals surface area contributed by atoms with Crippen LogP contribution in [-0.4, -0.2) is 69.8 Å². The zero-order chi connectivity index (χ0) is 33.8. The van der Waals surface area contributed by atoms with Crippen molar-refractivity contribution in [1.29, 1.82) is 0 Å². The number of amides is 2. The lowest BCUT2D eigenvalue weighted by molar-refractivity contribution is -0.137. The lowest BCUT2D eigenvalue weighted by Crippen LogP contribution is -2.51. The number of hydrogen-bond donors (Lipinski definition) is 1. The number of halogens is 4. The van der Waals surface area contributed by atoms with Crippen molar-refractivity contribution in [2.75, 3.05) is 43.0 Å². The third-order valence-corrected chi connectivity index (χ3v) is 7.33. The molecule has 1 aromatic carbocycles. The second-order valence-corrected chi connectivity index (χ2v) is 11.9. The second kappa shape index (κ2) is 14.0. The van der Waals surface area contributed by atoms with Gasteiger partial charge in [0.2, 0.25) is 11.3 Å². The molecule has 3 aromatic rings. The molecule has 46 heavy (non-hydrogen) atoms. The maximum Gasteiger partial charge on any atom is 0.416 e. The summed E-state index contributed by atoms with van der Waals surface area (Å²) in [6, 6.07) is 2.65. The average molecular weight is 665 g/mol. The van der Waals surface area contributed by atoms with Gasteiger partial charge in [0, 0.05) is 31.9 Å². The van der Waals surface area contributed by atoms with Gasteiger partial charge in [0.15, 0.2) is 11.2 Å². The zero-order valence-corrected chi connectivity index (χ0v) is 27.0. The number of nitrogens with one attached hydrogen (secondary N) is 1. The van der Waals surface area contributed by atoms with Gasteiger partial charge in [-0.2, -0.15) is 13.2 Å². The predicted octanol–water partition coefficient (Wildman–Crippen LogP) is 5.73. The highest BCUT2D eigenvalue weighted by Gasteiger charge is 2.32. The number of fused-ring (bicyclic) bond motifs is 1. The summed E-state index contributed by atoms with van der Waals surface area (Å²) in [4.78, 5) is 52.5. The average Bonchev–Trinajstić information content (AvgIpc) is 2.98. The number of carbonyl (C=O) groups is 2. The Morgan fingerprint density at radius 2 is 1.80 bits per heavy atom. The largest absolute Gasteiger partial charge is 0.501 e. The summed E-state index contributed by atoms with van der Waals surface area (Å²) in [6.07, 6.45) is -0.277. The van der Waals surface area contributed by atoms with Crippen molar-refractivity contribution >= 4 is 52.2 Å². The van der Waals surface area contributed by atoms with Gasteiger partial charge in [-0.3, -0.25) is 9.59 Å². The summed E-state index contributed by atoms with van der Waals surface area (Å²) in [5.41, 5.74) is -0.653. The molecule has 0 atom stereocenters. The molecule has 0 radical (unpaired) electrons. The van der Waals surface area contributed by atoms with E-state index >= 15 is 0 Å². The van der Waals surface area contributed by atoms with Crippen LogP contribution in [-0.2, 0) is 33.4 Å². The molecule has 2 aromatic heterocycles. The Kier molecular flexibility index (Phi) is 10.5. The van der Waals surface area contributed by atoms with E-state index in [0.717, 1.165) is 18.2 Å². The molecule has 2 amide bonds. The summed E-state index contributed by atoms with van der Waals surface area (Å²) < 4.78 is 51.7. The van der Waals surface area contributed by atoms with Gasteiger partial charge in [-0.25, -0.2) is 14.8 Å². The van der Waals surface area contributed by atoms with Crippen LogP contribution >= 0.6 is 11.6 Å². The molecule has 1 aliphatic rings. The van der Waals surface area contributed by atoms with Crippen LogP contribution in [0.3, 0.4) is 0 Å². The SMILES string of the molecule is CCO/C=C/c1cnc2c(n1)c(=O)c(N1CCN(C(=O)OC(C)(C)C)CC1)c(CC)n2CC(=O)Nc1ccc(C(F)(F)F)cc1Cl. The monoisotopic (exact) mass is 664 g/mol. The van der Waals surface area contributed by atoms with Crippen LogP contribution in [0.1, 0.15) is 51.6 Å². The fourth-order valence-electron chi connectivity index (χ4n) is 4.96. The topological polar surface area (TPSA) is 119 Å². The van der Waals surface area contributed by atoms with E-state index in [9.17, 15) is 27.6 Å². The summed E-state index contributed by atoms with van der Waals surface area (Å²) >= 11 is 6.08. The molecule has 0 saturated carbocycles. The molecule has 0 spiro atoms. The van der Waals surface area contributed by atoms with Gasteiger partial charge < -0.3 is 29.2 Å². The van der Waals surface area contributed by atoms with Crippen molar-refractivity contribution in [3.8, 4) is 0 Å². The zero-order valence-electron chi connectivity index (χ0n) is 26.2. The molecule has 11 nitrogen and oxygen atoms in total. The maximum absolute atomic E-state index is 14.1. The van der Waals surface area contributed by atoms with Crippen LogP contribution in [0.5, 0.6) is 0 Å².